The van der Waals surface area contributed by atoms with Crippen LogP contribution in [0.15, 0.2) is 24.3 Å². The van der Waals surface area contributed by atoms with E-state index < -0.39 is 0 Å². The molecule has 1 aromatic carbocycles. The highest BCUT2D eigenvalue weighted by molar-refractivity contribution is 6.30. The van der Waals surface area contributed by atoms with E-state index in [1.54, 1.807) is 0 Å². The summed E-state index contributed by atoms with van der Waals surface area (Å²) >= 11 is 5.87. The first-order valence-electron chi connectivity index (χ1n) is 6.30. The maximum absolute atomic E-state index is 12.1. The van der Waals surface area contributed by atoms with Gasteiger partial charge < -0.3 is 5.32 Å². The Morgan fingerprint density at radius 2 is 1.80 bits per heavy atom. The predicted molar refractivity (Wildman–Crippen MR) is 73.3 cm³/mol. The number of hydrogen-bond acceptors (Lipinski definition) is 7. The summed E-state index contributed by atoms with van der Waals surface area (Å²) in [6.07, 6.45) is 0.319. The van der Waals surface area contributed by atoms with Gasteiger partial charge in [-0.2, -0.15) is 11.1 Å². The quantitative estimate of drug-likeness (QED) is 0.375. The molecule has 2 fully saturated rings. The molecule has 0 aliphatic carbocycles. The van der Waals surface area contributed by atoms with Gasteiger partial charge in [0.2, 0.25) is 5.91 Å². The molecule has 108 valence electrons. The van der Waals surface area contributed by atoms with Crippen LogP contribution in [0.3, 0.4) is 0 Å². The number of benzene rings is 1. The lowest BCUT2D eigenvalue weighted by Crippen LogP contribution is -2.54. The SMILES string of the molecule is O=C(NC1NNNN1)C1CC(c2ccc(Cl)cc2)NN1. The lowest BCUT2D eigenvalue weighted by molar-refractivity contribution is -0.123. The number of amides is 1. The third-order valence-electron chi connectivity index (χ3n) is 3.27. The zero-order chi connectivity index (χ0) is 13.9. The Bertz CT molecular complexity index is 476. The van der Waals surface area contributed by atoms with Gasteiger partial charge in [-0.25, -0.2) is 21.7 Å². The first kappa shape index (κ1) is 13.7. The molecule has 0 radical (unpaired) electrons. The topological polar surface area (TPSA) is 101 Å². The van der Waals surface area contributed by atoms with Crippen LogP contribution in [-0.2, 0) is 4.79 Å². The van der Waals surface area contributed by atoms with Crippen LogP contribution in [0.1, 0.15) is 18.0 Å². The van der Waals surface area contributed by atoms with Crippen molar-refractivity contribution < 1.29 is 4.79 Å². The molecule has 0 aromatic heterocycles. The van der Waals surface area contributed by atoms with Gasteiger partial charge in [0.25, 0.3) is 0 Å². The molecular weight excluding hydrogens is 282 g/mol. The largest absolute Gasteiger partial charge is 0.325 e. The maximum Gasteiger partial charge on any atom is 0.240 e. The first-order valence-corrected chi connectivity index (χ1v) is 6.68. The van der Waals surface area contributed by atoms with Gasteiger partial charge in [-0.05, 0) is 24.1 Å². The van der Waals surface area contributed by atoms with Gasteiger partial charge in [-0.1, -0.05) is 23.7 Å². The summed E-state index contributed by atoms with van der Waals surface area (Å²) in [6, 6.07) is 7.39. The van der Waals surface area contributed by atoms with Crippen molar-refractivity contribution in [1.29, 1.82) is 0 Å². The zero-order valence-corrected chi connectivity index (χ0v) is 11.3. The van der Waals surface area contributed by atoms with Gasteiger partial charge in [0.05, 0.1) is 0 Å². The van der Waals surface area contributed by atoms with Crippen LogP contribution in [0.2, 0.25) is 5.02 Å². The Morgan fingerprint density at radius 1 is 1.10 bits per heavy atom. The summed E-state index contributed by atoms with van der Waals surface area (Å²) in [5, 5.41) is 3.49. The van der Waals surface area contributed by atoms with E-state index in [4.69, 9.17) is 11.6 Å². The van der Waals surface area contributed by atoms with Crippen molar-refractivity contribution in [3.8, 4) is 0 Å². The summed E-state index contributed by atoms with van der Waals surface area (Å²) in [6.45, 7) is 0. The van der Waals surface area contributed by atoms with Crippen LogP contribution >= 0.6 is 11.6 Å². The molecule has 7 N–H and O–H groups in total. The second kappa shape index (κ2) is 6.02. The van der Waals surface area contributed by atoms with Crippen molar-refractivity contribution >= 4 is 17.5 Å². The van der Waals surface area contributed by atoms with E-state index in [1.165, 1.54) is 0 Å². The molecule has 0 saturated carbocycles. The summed E-state index contributed by atoms with van der Waals surface area (Å²) < 4.78 is 0. The summed E-state index contributed by atoms with van der Waals surface area (Å²) in [7, 11) is 0. The minimum atomic E-state index is -0.348. The molecule has 0 spiro atoms. The number of carbonyl (C=O) groups is 1. The Hall–Kier alpha value is -1.26. The molecule has 1 amide bonds. The lowest BCUT2D eigenvalue weighted by Gasteiger charge is -2.14. The number of nitrogens with one attached hydrogen (secondary N) is 7. The Morgan fingerprint density at radius 3 is 2.50 bits per heavy atom. The van der Waals surface area contributed by atoms with Gasteiger partial charge >= 0.3 is 0 Å². The molecule has 1 aromatic rings. The van der Waals surface area contributed by atoms with Crippen LogP contribution in [0.4, 0.5) is 0 Å². The highest BCUT2D eigenvalue weighted by atomic mass is 35.5. The highest BCUT2D eigenvalue weighted by Gasteiger charge is 2.31. The van der Waals surface area contributed by atoms with E-state index in [9.17, 15) is 4.79 Å². The van der Waals surface area contributed by atoms with Gasteiger partial charge in [0.15, 0.2) is 6.29 Å². The second-order valence-corrected chi connectivity index (χ2v) is 5.10. The van der Waals surface area contributed by atoms with Crippen LogP contribution in [0, 0.1) is 0 Å². The van der Waals surface area contributed by atoms with Crippen LogP contribution < -0.4 is 38.1 Å². The molecule has 2 atom stereocenters. The van der Waals surface area contributed by atoms with Gasteiger partial charge in [-0.15, -0.1) is 0 Å². The summed E-state index contributed by atoms with van der Waals surface area (Å²) in [4.78, 5) is 12.1. The molecule has 8 nitrogen and oxygen atoms in total. The van der Waals surface area contributed by atoms with Gasteiger partial charge in [-0.3, -0.25) is 4.79 Å². The van der Waals surface area contributed by atoms with Crippen LogP contribution in [-0.4, -0.2) is 18.2 Å². The van der Waals surface area contributed by atoms with E-state index in [1.807, 2.05) is 24.3 Å². The van der Waals surface area contributed by atoms with E-state index in [0.29, 0.717) is 11.4 Å². The van der Waals surface area contributed by atoms with Crippen LogP contribution in [0.25, 0.3) is 0 Å². The molecule has 20 heavy (non-hydrogen) atoms. The Labute approximate surface area is 120 Å². The minimum absolute atomic E-state index is 0.0868. The molecular formula is C11H16ClN7O. The minimum Gasteiger partial charge on any atom is -0.325 e. The molecule has 9 heteroatoms. The van der Waals surface area contributed by atoms with Gasteiger partial charge in [0.1, 0.15) is 6.04 Å². The number of hydrogen-bond donors (Lipinski definition) is 7. The van der Waals surface area contributed by atoms with Crippen molar-refractivity contribution in [1.82, 2.24) is 38.1 Å². The third-order valence-corrected chi connectivity index (χ3v) is 3.53. The predicted octanol–water partition coefficient (Wildman–Crippen LogP) is -1.24. The first-order chi connectivity index (χ1) is 9.72. The zero-order valence-electron chi connectivity index (χ0n) is 10.5. The monoisotopic (exact) mass is 297 g/mol. The van der Waals surface area contributed by atoms with E-state index in [0.717, 1.165) is 5.56 Å². The third kappa shape index (κ3) is 3.07. The molecule has 3 rings (SSSR count). The van der Waals surface area contributed by atoms with Crippen molar-refractivity contribution in [2.45, 2.75) is 24.8 Å². The molecule has 0 bridgehead atoms. The fourth-order valence-corrected chi connectivity index (χ4v) is 2.34. The van der Waals surface area contributed by atoms with Crippen molar-refractivity contribution in [2.24, 2.45) is 0 Å². The number of carbonyl (C=O) groups excluding carboxylic acids is 1. The summed E-state index contributed by atoms with van der Waals surface area (Å²) in [5.74, 6) is -0.0931. The van der Waals surface area contributed by atoms with E-state index >= 15 is 0 Å². The molecule has 2 heterocycles. The lowest BCUT2D eigenvalue weighted by atomic mass is 10.0. The molecule has 2 aliphatic heterocycles. The Balaban J connectivity index is 1.55. The summed E-state index contributed by atoms with van der Waals surface area (Å²) in [5.41, 5.74) is 18.1. The highest BCUT2D eigenvalue weighted by Crippen LogP contribution is 2.23. The molecule has 2 unspecified atom stereocenters. The van der Waals surface area contributed by atoms with E-state index in [2.05, 4.69) is 38.1 Å². The van der Waals surface area contributed by atoms with Crippen molar-refractivity contribution in [3.63, 3.8) is 0 Å². The number of rotatable bonds is 3. The normalized spacial score (nSPS) is 26.9. The van der Waals surface area contributed by atoms with Crippen LogP contribution in [0.5, 0.6) is 0 Å². The number of halogens is 1. The average molecular weight is 298 g/mol. The standard InChI is InChI=1S/C11H16ClN7O/c12-7-3-1-6(2-4-7)8-5-9(15-14-8)10(20)13-11-16-18-19-17-11/h1-4,8-9,11,14-19H,5H2,(H,13,20). The number of hydrazine groups is 4. The smallest absolute Gasteiger partial charge is 0.240 e. The fraction of sp³-hybridized carbons (Fsp3) is 0.364. The molecule has 2 aliphatic rings. The second-order valence-electron chi connectivity index (χ2n) is 4.66. The fourth-order valence-electron chi connectivity index (χ4n) is 2.21. The average Bonchev–Trinajstić information content (AvgIpc) is 3.10. The van der Waals surface area contributed by atoms with Crippen molar-refractivity contribution in [2.75, 3.05) is 0 Å². The van der Waals surface area contributed by atoms with Gasteiger partial charge in [0, 0.05) is 11.1 Å². The molecule has 2 saturated heterocycles. The maximum atomic E-state index is 12.1. The Kier molecular flexibility index (Phi) is 4.13. The van der Waals surface area contributed by atoms with Crippen molar-refractivity contribution in [3.05, 3.63) is 34.9 Å². The van der Waals surface area contributed by atoms with E-state index in [-0.39, 0.29) is 24.3 Å².